The molecule has 2 aromatic rings. The van der Waals surface area contributed by atoms with Crippen molar-refractivity contribution in [1.29, 1.82) is 0 Å². The molecule has 1 aromatic heterocycles. The van der Waals surface area contributed by atoms with Gasteiger partial charge in [0.15, 0.2) is 0 Å². The first-order valence-corrected chi connectivity index (χ1v) is 5.24. The second kappa shape index (κ2) is 3.54. The third-order valence-corrected chi connectivity index (χ3v) is 2.76. The summed E-state index contributed by atoms with van der Waals surface area (Å²) < 4.78 is 20.4. The van der Waals surface area contributed by atoms with Gasteiger partial charge in [-0.25, -0.2) is 9.07 Å². The quantitative estimate of drug-likeness (QED) is 0.794. The molecule has 0 aliphatic carbocycles. The number of ether oxygens (including phenoxy) is 1. The highest BCUT2D eigenvalue weighted by atomic mass is 19.1. The molecule has 4 nitrogen and oxygen atoms in total. The van der Waals surface area contributed by atoms with E-state index in [0.29, 0.717) is 6.61 Å². The van der Waals surface area contributed by atoms with E-state index in [1.54, 1.807) is 10.9 Å². The molecular formula is C11H12FN3O. The van der Waals surface area contributed by atoms with Gasteiger partial charge in [0.2, 0.25) is 6.35 Å². The minimum Gasteiger partial charge on any atom is -0.342 e. The average Bonchev–Trinajstić information content (AvgIpc) is 2.82. The van der Waals surface area contributed by atoms with E-state index in [4.69, 9.17) is 4.74 Å². The van der Waals surface area contributed by atoms with Crippen LogP contribution in [0.15, 0.2) is 18.3 Å². The number of benzene rings is 1. The number of hydrogen-bond donors (Lipinski definition) is 1. The first kappa shape index (κ1) is 9.74. The second-order valence-electron chi connectivity index (χ2n) is 3.93. The van der Waals surface area contributed by atoms with Gasteiger partial charge in [-0.2, -0.15) is 5.10 Å². The van der Waals surface area contributed by atoms with Gasteiger partial charge in [-0.3, -0.25) is 5.32 Å². The fourth-order valence-electron chi connectivity index (χ4n) is 2.10. The highest BCUT2D eigenvalue weighted by Gasteiger charge is 2.20. The van der Waals surface area contributed by atoms with Crippen molar-refractivity contribution >= 4 is 10.9 Å². The Morgan fingerprint density at radius 1 is 1.56 bits per heavy atom. The summed E-state index contributed by atoms with van der Waals surface area (Å²) in [4.78, 5) is 0. The second-order valence-corrected chi connectivity index (χ2v) is 3.93. The number of aromatic nitrogens is 2. The van der Waals surface area contributed by atoms with E-state index in [1.165, 1.54) is 12.1 Å². The van der Waals surface area contributed by atoms with Crippen molar-refractivity contribution in [2.45, 2.75) is 13.3 Å². The molecule has 0 bridgehead atoms. The minimum atomic E-state index is -0.235. The molecular weight excluding hydrogens is 209 g/mol. The number of nitrogens with zero attached hydrogens (tertiary/aromatic N) is 2. The predicted octanol–water partition coefficient (Wildman–Crippen LogP) is 1.56. The third-order valence-electron chi connectivity index (χ3n) is 2.76. The van der Waals surface area contributed by atoms with Crippen LogP contribution in [0.1, 0.15) is 11.9 Å². The lowest BCUT2D eigenvalue weighted by atomic mass is 10.1. The van der Waals surface area contributed by atoms with Crippen LogP contribution in [0.4, 0.5) is 4.39 Å². The molecule has 1 saturated heterocycles. The average molecular weight is 221 g/mol. The fraction of sp³-hybridized carbons (Fsp3) is 0.364. The van der Waals surface area contributed by atoms with Gasteiger partial charge in [0.25, 0.3) is 0 Å². The van der Waals surface area contributed by atoms with Crippen LogP contribution in [-0.2, 0) is 4.74 Å². The van der Waals surface area contributed by atoms with E-state index in [9.17, 15) is 4.39 Å². The van der Waals surface area contributed by atoms with Crippen LogP contribution >= 0.6 is 0 Å². The van der Waals surface area contributed by atoms with E-state index >= 15 is 0 Å². The van der Waals surface area contributed by atoms with Crippen molar-refractivity contribution in [1.82, 2.24) is 15.1 Å². The summed E-state index contributed by atoms with van der Waals surface area (Å²) in [6.45, 7) is 3.36. The molecule has 84 valence electrons. The molecule has 0 saturated carbocycles. The Balaban J connectivity index is 2.18. The van der Waals surface area contributed by atoms with Gasteiger partial charge in [0.05, 0.1) is 18.3 Å². The molecule has 3 rings (SSSR count). The Labute approximate surface area is 92.0 Å². The highest BCUT2D eigenvalue weighted by Crippen LogP contribution is 2.23. The molecule has 1 aliphatic heterocycles. The van der Waals surface area contributed by atoms with Crippen molar-refractivity contribution in [2.75, 3.05) is 13.2 Å². The number of hydrogen-bond acceptors (Lipinski definition) is 3. The van der Waals surface area contributed by atoms with Gasteiger partial charge < -0.3 is 4.74 Å². The van der Waals surface area contributed by atoms with Crippen molar-refractivity contribution < 1.29 is 9.13 Å². The summed E-state index contributed by atoms with van der Waals surface area (Å²) in [5.41, 5.74) is 1.78. The maximum Gasteiger partial charge on any atom is 0.206 e. The first-order chi connectivity index (χ1) is 7.75. The Kier molecular flexibility index (Phi) is 2.15. The highest BCUT2D eigenvalue weighted by molar-refractivity contribution is 5.81. The lowest BCUT2D eigenvalue weighted by Gasteiger charge is -2.12. The van der Waals surface area contributed by atoms with Gasteiger partial charge in [-0.15, -0.1) is 0 Å². The van der Waals surface area contributed by atoms with Crippen LogP contribution in [0.5, 0.6) is 0 Å². The van der Waals surface area contributed by atoms with Crippen LogP contribution in [0.25, 0.3) is 10.9 Å². The van der Waals surface area contributed by atoms with Gasteiger partial charge in [0.1, 0.15) is 5.82 Å². The first-order valence-electron chi connectivity index (χ1n) is 5.24. The molecule has 1 fully saturated rings. The van der Waals surface area contributed by atoms with Crippen LogP contribution in [0.3, 0.4) is 0 Å². The number of fused-ring (bicyclic) bond motifs is 1. The molecule has 1 N–H and O–H groups in total. The Morgan fingerprint density at radius 2 is 2.44 bits per heavy atom. The van der Waals surface area contributed by atoms with Crippen LogP contribution < -0.4 is 5.32 Å². The Hall–Kier alpha value is -1.46. The number of aryl methyl sites for hydroxylation is 1. The molecule has 0 radical (unpaired) electrons. The fourth-order valence-corrected chi connectivity index (χ4v) is 2.10. The molecule has 5 heteroatoms. The summed E-state index contributed by atoms with van der Waals surface area (Å²) in [5.74, 6) is -0.232. The molecule has 0 amide bonds. The number of nitrogens with one attached hydrogen (secondary N) is 1. The predicted molar refractivity (Wildman–Crippen MR) is 57.4 cm³/mol. The summed E-state index contributed by atoms with van der Waals surface area (Å²) >= 11 is 0. The largest absolute Gasteiger partial charge is 0.342 e. The van der Waals surface area contributed by atoms with Crippen molar-refractivity contribution in [3.05, 3.63) is 29.7 Å². The van der Waals surface area contributed by atoms with Gasteiger partial charge >= 0.3 is 0 Å². The van der Waals surface area contributed by atoms with Gasteiger partial charge in [0, 0.05) is 11.9 Å². The molecule has 2 heterocycles. The van der Waals surface area contributed by atoms with Crippen LogP contribution in [0, 0.1) is 12.7 Å². The maximum atomic E-state index is 13.2. The molecule has 1 atom stereocenters. The molecule has 1 aromatic carbocycles. The van der Waals surface area contributed by atoms with Crippen LogP contribution in [-0.4, -0.2) is 22.9 Å². The summed E-state index contributed by atoms with van der Waals surface area (Å²) in [7, 11) is 0. The van der Waals surface area contributed by atoms with Crippen molar-refractivity contribution in [2.24, 2.45) is 0 Å². The monoisotopic (exact) mass is 221 g/mol. The summed E-state index contributed by atoms with van der Waals surface area (Å²) in [6, 6.07) is 3.00. The zero-order valence-corrected chi connectivity index (χ0v) is 8.90. The summed E-state index contributed by atoms with van der Waals surface area (Å²) in [5, 5.41) is 8.22. The molecule has 0 spiro atoms. The van der Waals surface area contributed by atoms with Crippen molar-refractivity contribution in [3.63, 3.8) is 0 Å². The van der Waals surface area contributed by atoms with Gasteiger partial charge in [-0.1, -0.05) is 0 Å². The number of halogens is 1. The third kappa shape index (κ3) is 1.40. The van der Waals surface area contributed by atoms with E-state index in [1.807, 2.05) is 6.92 Å². The van der Waals surface area contributed by atoms with Gasteiger partial charge in [-0.05, 0) is 24.6 Å². The smallest absolute Gasteiger partial charge is 0.206 e. The zero-order chi connectivity index (χ0) is 11.1. The minimum absolute atomic E-state index is 0.232. The standard InChI is InChI=1S/C11H12FN3O/c1-7-4-9(12)5-8-6-14-15(10(7)8)11-13-2-3-16-11/h4-6,11,13H,2-3H2,1H3. The number of rotatable bonds is 1. The van der Waals surface area contributed by atoms with E-state index in [-0.39, 0.29) is 12.2 Å². The van der Waals surface area contributed by atoms with Crippen molar-refractivity contribution in [3.8, 4) is 0 Å². The van der Waals surface area contributed by atoms with E-state index in [0.717, 1.165) is 23.0 Å². The maximum absolute atomic E-state index is 13.2. The van der Waals surface area contributed by atoms with E-state index < -0.39 is 0 Å². The van der Waals surface area contributed by atoms with Crippen LogP contribution in [0.2, 0.25) is 0 Å². The Bertz CT molecular complexity index is 531. The summed E-state index contributed by atoms with van der Waals surface area (Å²) in [6.07, 6.45) is 1.43. The lowest BCUT2D eigenvalue weighted by molar-refractivity contribution is 0.0379. The topological polar surface area (TPSA) is 39.1 Å². The Morgan fingerprint density at radius 3 is 3.19 bits per heavy atom. The zero-order valence-electron chi connectivity index (χ0n) is 8.90. The SMILES string of the molecule is Cc1cc(F)cc2cnn(C3NCCO3)c12. The van der Waals surface area contributed by atoms with E-state index in [2.05, 4.69) is 10.4 Å². The molecule has 1 aliphatic rings. The molecule has 16 heavy (non-hydrogen) atoms. The molecule has 1 unspecified atom stereocenters. The lowest BCUT2D eigenvalue weighted by Crippen LogP contribution is -2.22. The normalized spacial score (nSPS) is 20.8.